The van der Waals surface area contributed by atoms with E-state index in [9.17, 15) is 8.42 Å². The van der Waals surface area contributed by atoms with Crippen LogP contribution in [0.5, 0.6) is 0 Å². The van der Waals surface area contributed by atoms with Crippen molar-refractivity contribution in [1.82, 2.24) is 0 Å². The molecular weight excluding hydrogens is 100 g/mol. The Kier molecular flexibility index (Phi) is 2.46. The summed E-state index contributed by atoms with van der Waals surface area (Å²) >= 11 is 0. The van der Waals surface area contributed by atoms with Crippen molar-refractivity contribution in [2.24, 2.45) is 0 Å². The first-order chi connectivity index (χ1) is 2.77. The first-order valence-electron chi connectivity index (χ1n) is 1.40. The predicted octanol–water partition coefficient (Wildman–Crippen LogP) is -0.157. The Bertz CT molecular complexity index is 161. The molecule has 0 heterocycles. The molecular formula is C3H4O2S. The Morgan fingerprint density at radius 2 is 2.17 bits per heavy atom. The lowest BCUT2D eigenvalue weighted by atomic mass is 10.8. The maximum atomic E-state index is 9.46. The third-order valence-electron chi connectivity index (χ3n) is 0.214. The monoisotopic (exact) mass is 104 g/mol. The summed E-state index contributed by atoms with van der Waals surface area (Å²) in [7, 11) is -2.12. The van der Waals surface area contributed by atoms with Crippen molar-refractivity contribution >= 4 is 15.3 Å². The molecule has 0 radical (unpaired) electrons. The molecule has 0 aliphatic heterocycles. The van der Waals surface area contributed by atoms with Crippen LogP contribution in [-0.4, -0.2) is 13.4 Å². The topological polar surface area (TPSA) is 34.1 Å². The summed E-state index contributed by atoms with van der Waals surface area (Å²) in [6.07, 6.45) is 1.34. The van der Waals surface area contributed by atoms with Crippen LogP contribution in [0.3, 0.4) is 0 Å². The normalized spacial score (nSPS) is 6.17. The van der Waals surface area contributed by atoms with E-state index in [-0.39, 0.29) is 0 Å². The third-order valence-corrected chi connectivity index (χ3v) is 0.642. The van der Waals surface area contributed by atoms with Gasteiger partial charge in [-0.2, -0.15) is 8.42 Å². The molecule has 0 spiro atoms. The van der Waals surface area contributed by atoms with Gasteiger partial charge >= 0.3 is 0 Å². The largest absolute Gasteiger partial charge is 0.259 e. The van der Waals surface area contributed by atoms with E-state index in [1.54, 1.807) is 6.92 Å². The fraction of sp³-hybridized carbons (Fsp3) is 0.333. The van der Waals surface area contributed by atoms with Crippen LogP contribution in [0.1, 0.15) is 6.92 Å². The van der Waals surface area contributed by atoms with Crippen molar-refractivity contribution in [2.75, 3.05) is 0 Å². The SMILES string of the molecule is CC=C=S(=O)=O. The molecule has 0 aromatic carbocycles. The van der Waals surface area contributed by atoms with Crippen molar-refractivity contribution in [1.29, 1.82) is 0 Å². The van der Waals surface area contributed by atoms with Gasteiger partial charge in [0, 0.05) is 5.02 Å². The first-order valence-corrected chi connectivity index (χ1v) is 2.48. The Labute approximate surface area is 37.6 Å². The molecule has 0 amide bonds. The molecule has 0 aliphatic carbocycles. The van der Waals surface area contributed by atoms with Crippen LogP contribution < -0.4 is 0 Å². The van der Waals surface area contributed by atoms with Gasteiger partial charge in [-0.15, -0.1) is 0 Å². The first kappa shape index (κ1) is 5.47. The van der Waals surface area contributed by atoms with Gasteiger partial charge in [0.05, 0.1) is 0 Å². The lowest BCUT2D eigenvalue weighted by molar-refractivity contribution is 0.627. The van der Waals surface area contributed by atoms with Gasteiger partial charge in [-0.25, -0.2) is 0 Å². The van der Waals surface area contributed by atoms with Gasteiger partial charge in [0.1, 0.15) is 0 Å². The van der Waals surface area contributed by atoms with Crippen molar-refractivity contribution in [3.05, 3.63) is 6.08 Å². The van der Waals surface area contributed by atoms with Crippen LogP contribution in [0.2, 0.25) is 0 Å². The maximum Gasteiger partial charge on any atom is 0.259 e. The zero-order chi connectivity index (χ0) is 4.99. The van der Waals surface area contributed by atoms with E-state index < -0.39 is 10.3 Å². The summed E-state index contributed by atoms with van der Waals surface area (Å²) in [4.78, 5) is 0. The molecule has 0 rings (SSSR count). The van der Waals surface area contributed by atoms with Crippen molar-refractivity contribution in [3.63, 3.8) is 0 Å². The van der Waals surface area contributed by atoms with E-state index in [2.05, 4.69) is 0 Å². The molecule has 0 saturated heterocycles. The van der Waals surface area contributed by atoms with Gasteiger partial charge in [-0.3, -0.25) is 0 Å². The van der Waals surface area contributed by atoms with Crippen molar-refractivity contribution < 1.29 is 8.42 Å². The van der Waals surface area contributed by atoms with Crippen molar-refractivity contribution in [2.45, 2.75) is 6.92 Å². The van der Waals surface area contributed by atoms with Crippen LogP contribution in [0.15, 0.2) is 6.08 Å². The zero-order valence-corrected chi connectivity index (χ0v) is 4.12. The lowest BCUT2D eigenvalue weighted by Gasteiger charge is -1.39. The number of allylic oxidation sites excluding steroid dienone is 1. The van der Waals surface area contributed by atoms with Gasteiger partial charge in [-0.05, 0) is 13.0 Å². The van der Waals surface area contributed by atoms with Gasteiger partial charge in [0.15, 0.2) is 0 Å². The Morgan fingerprint density at radius 1 is 1.67 bits per heavy atom. The van der Waals surface area contributed by atoms with E-state index in [1.165, 1.54) is 6.08 Å². The maximum absolute atomic E-state index is 9.46. The standard InChI is InChI=1S/C3H4O2S/c1-2-3-6(4)5/h2H,1H3. The highest BCUT2D eigenvalue weighted by molar-refractivity contribution is 7.70. The molecule has 0 bridgehead atoms. The van der Waals surface area contributed by atoms with E-state index in [1.807, 2.05) is 5.02 Å². The second-order valence-electron chi connectivity index (χ2n) is 0.641. The number of rotatable bonds is 0. The highest BCUT2D eigenvalue weighted by Crippen LogP contribution is 1.41. The minimum absolute atomic E-state index is 1.34. The van der Waals surface area contributed by atoms with Crippen LogP contribution in [0.25, 0.3) is 0 Å². The van der Waals surface area contributed by atoms with E-state index in [4.69, 9.17) is 0 Å². The summed E-state index contributed by atoms with van der Waals surface area (Å²) in [5.41, 5.74) is 0. The molecule has 6 heavy (non-hydrogen) atoms. The fourth-order valence-corrected chi connectivity index (χ4v) is 0.289. The highest BCUT2D eigenvalue weighted by atomic mass is 32.2. The number of hydrogen-bond acceptors (Lipinski definition) is 2. The molecule has 0 N–H and O–H groups in total. The van der Waals surface area contributed by atoms with Gasteiger partial charge < -0.3 is 0 Å². The Balaban J connectivity index is 4.66. The summed E-state index contributed by atoms with van der Waals surface area (Å²) in [6.45, 7) is 1.59. The molecule has 0 aromatic heterocycles. The smallest absolute Gasteiger partial charge is 0.176 e. The van der Waals surface area contributed by atoms with Crippen LogP contribution in [0, 0.1) is 0 Å². The second kappa shape index (κ2) is 2.69. The van der Waals surface area contributed by atoms with Crippen LogP contribution in [-0.2, 0) is 10.3 Å². The average molecular weight is 104 g/mol. The van der Waals surface area contributed by atoms with Gasteiger partial charge in [0.2, 0.25) is 0 Å². The molecule has 34 valence electrons. The summed E-state index contributed by atoms with van der Waals surface area (Å²) in [5, 5.41) is 2.00. The highest BCUT2D eigenvalue weighted by Gasteiger charge is 1.46. The molecule has 0 saturated carbocycles. The molecule has 2 nitrogen and oxygen atoms in total. The predicted molar refractivity (Wildman–Crippen MR) is 24.2 cm³/mol. The fourth-order valence-electron chi connectivity index (χ4n) is 0.0962. The Morgan fingerprint density at radius 3 is 2.17 bits per heavy atom. The van der Waals surface area contributed by atoms with Gasteiger partial charge in [0.25, 0.3) is 10.3 Å². The molecule has 0 fully saturated rings. The van der Waals surface area contributed by atoms with E-state index in [0.717, 1.165) is 0 Å². The molecule has 0 atom stereocenters. The summed E-state index contributed by atoms with van der Waals surface area (Å²) in [5.74, 6) is 0. The summed E-state index contributed by atoms with van der Waals surface area (Å²) < 4.78 is 18.9. The van der Waals surface area contributed by atoms with E-state index >= 15 is 0 Å². The lowest BCUT2D eigenvalue weighted by Crippen LogP contribution is -1.51. The third kappa shape index (κ3) is 3.47. The average Bonchev–Trinajstić information content (AvgIpc) is 1.35. The van der Waals surface area contributed by atoms with Crippen LogP contribution >= 0.6 is 0 Å². The molecule has 3 heteroatoms. The van der Waals surface area contributed by atoms with Gasteiger partial charge in [-0.1, -0.05) is 0 Å². The molecule has 0 unspecified atom stereocenters. The minimum Gasteiger partial charge on any atom is -0.176 e. The molecule has 0 aromatic rings. The number of hydrogen-bond donors (Lipinski definition) is 0. The summed E-state index contributed by atoms with van der Waals surface area (Å²) in [6, 6.07) is 0. The zero-order valence-electron chi connectivity index (χ0n) is 3.30. The van der Waals surface area contributed by atoms with Crippen LogP contribution in [0.4, 0.5) is 0 Å². The quantitative estimate of drug-likeness (QED) is 0.400. The van der Waals surface area contributed by atoms with Crippen molar-refractivity contribution in [3.8, 4) is 0 Å². The van der Waals surface area contributed by atoms with E-state index in [0.29, 0.717) is 0 Å². The Hall–Kier alpha value is -0.530. The molecule has 0 aliphatic rings. The minimum atomic E-state index is -2.12. The second-order valence-corrected chi connectivity index (χ2v) is 1.35.